The third-order valence-corrected chi connectivity index (χ3v) is 6.19. The molecule has 9 heteroatoms. The number of amides is 2. The highest BCUT2D eigenvalue weighted by Gasteiger charge is 2.22. The monoisotopic (exact) mass is 441 g/mol. The van der Waals surface area contributed by atoms with Crippen LogP contribution in [0.1, 0.15) is 17.3 Å². The first kappa shape index (κ1) is 22.0. The SMILES string of the molecule is CC(=O)Nc1ccc(NC(=O)c2cccc(S(=O)(=O)N(C)c3ccc(F)cc3)c2)cc1. The minimum Gasteiger partial charge on any atom is -0.326 e. The third kappa shape index (κ3) is 5.26. The number of carbonyl (C=O) groups is 2. The Morgan fingerprint density at radius 1 is 0.871 bits per heavy atom. The molecule has 7 nitrogen and oxygen atoms in total. The zero-order chi connectivity index (χ0) is 22.6. The van der Waals surface area contributed by atoms with Crippen molar-refractivity contribution in [1.82, 2.24) is 0 Å². The second kappa shape index (κ2) is 8.97. The van der Waals surface area contributed by atoms with Gasteiger partial charge in [-0.15, -0.1) is 0 Å². The number of hydrogen-bond acceptors (Lipinski definition) is 4. The lowest BCUT2D eigenvalue weighted by Gasteiger charge is -2.19. The third-order valence-electron chi connectivity index (χ3n) is 4.41. The van der Waals surface area contributed by atoms with E-state index in [4.69, 9.17) is 0 Å². The van der Waals surface area contributed by atoms with Crippen LogP contribution in [0.25, 0.3) is 0 Å². The molecule has 2 N–H and O–H groups in total. The fraction of sp³-hybridized carbons (Fsp3) is 0.0909. The first-order valence-electron chi connectivity index (χ1n) is 9.20. The Hall–Kier alpha value is -3.72. The molecule has 0 fully saturated rings. The predicted octanol–water partition coefficient (Wildman–Crippen LogP) is 3.86. The van der Waals surface area contributed by atoms with Gasteiger partial charge in [-0.1, -0.05) is 6.07 Å². The summed E-state index contributed by atoms with van der Waals surface area (Å²) in [5, 5.41) is 5.31. The van der Waals surface area contributed by atoms with E-state index in [-0.39, 0.29) is 22.1 Å². The summed E-state index contributed by atoms with van der Waals surface area (Å²) in [7, 11) is -2.61. The molecule has 160 valence electrons. The van der Waals surface area contributed by atoms with Gasteiger partial charge in [0.25, 0.3) is 15.9 Å². The van der Waals surface area contributed by atoms with E-state index in [2.05, 4.69) is 10.6 Å². The van der Waals surface area contributed by atoms with E-state index in [0.29, 0.717) is 11.4 Å². The van der Waals surface area contributed by atoms with E-state index in [1.54, 1.807) is 24.3 Å². The highest BCUT2D eigenvalue weighted by atomic mass is 32.2. The topological polar surface area (TPSA) is 95.6 Å². The largest absolute Gasteiger partial charge is 0.326 e. The molecule has 0 unspecified atom stereocenters. The Morgan fingerprint density at radius 3 is 2.03 bits per heavy atom. The Bertz CT molecular complexity index is 1210. The second-order valence-electron chi connectivity index (χ2n) is 6.69. The standard InChI is InChI=1S/C22H20FN3O4S/c1-15(27)24-18-8-10-19(11-9-18)25-22(28)16-4-3-5-21(14-16)31(29,30)26(2)20-12-6-17(23)7-13-20/h3-14H,1-2H3,(H,24,27)(H,25,28). The highest BCUT2D eigenvalue weighted by molar-refractivity contribution is 7.92. The molecule has 0 bridgehead atoms. The van der Waals surface area contributed by atoms with Crippen molar-refractivity contribution in [3.63, 3.8) is 0 Å². The summed E-state index contributed by atoms with van der Waals surface area (Å²) in [6, 6.07) is 17.2. The number of hydrogen-bond donors (Lipinski definition) is 2. The number of halogens is 1. The first-order chi connectivity index (χ1) is 14.7. The van der Waals surface area contributed by atoms with Crippen LogP contribution in [0.15, 0.2) is 77.7 Å². The van der Waals surface area contributed by atoms with Crippen LogP contribution < -0.4 is 14.9 Å². The molecule has 3 aromatic carbocycles. The molecule has 0 aromatic heterocycles. The van der Waals surface area contributed by atoms with Gasteiger partial charge in [-0.25, -0.2) is 12.8 Å². The van der Waals surface area contributed by atoms with Gasteiger partial charge in [0.2, 0.25) is 5.91 Å². The zero-order valence-corrected chi connectivity index (χ0v) is 17.6. The number of rotatable bonds is 6. The van der Waals surface area contributed by atoms with Crippen molar-refractivity contribution in [2.24, 2.45) is 0 Å². The predicted molar refractivity (Wildman–Crippen MR) is 117 cm³/mol. The van der Waals surface area contributed by atoms with Crippen molar-refractivity contribution >= 4 is 38.9 Å². The summed E-state index contributed by atoms with van der Waals surface area (Å²) in [4.78, 5) is 23.6. The molecule has 31 heavy (non-hydrogen) atoms. The van der Waals surface area contributed by atoms with Crippen LogP contribution in [0.3, 0.4) is 0 Å². The van der Waals surface area contributed by atoms with Crippen LogP contribution in [0.5, 0.6) is 0 Å². The van der Waals surface area contributed by atoms with E-state index in [9.17, 15) is 22.4 Å². The van der Waals surface area contributed by atoms with Crippen LogP contribution in [-0.2, 0) is 14.8 Å². The summed E-state index contributed by atoms with van der Waals surface area (Å²) >= 11 is 0. The van der Waals surface area contributed by atoms with Gasteiger partial charge in [0.05, 0.1) is 10.6 Å². The maximum absolute atomic E-state index is 13.1. The zero-order valence-electron chi connectivity index (χ0n) is 16.8. The summed E-state index contributed by atoms with van der Waals surface area (Å²) in [6.07, 6.45) is 0. The molecule has 0 atom stereocenters. The molecule has 0 saturated heterocycles. The number of carbonyl (C=O) groups excluding carboxylic acids is 2. The number of anilines is 3. The average Bonchev–Trinajstić information content (AvgIpc) is 2.75. The molecular weight excluding hydrogens is 421 g/mol. The minimum absolute atomic E-state index is 0.0759. The lowest BCUT2D eigenvalue weighted by molar-refractivity contribution is -0.114. The van der Waals surface area contributed by atoms with Crippen molar-refractivity contribution in [2.75, 3.05) is 22.0 Å². The molecule has 3 rings (SSSR count). The van der Waals surface area contributed by atoms with E-state index in [1.165, 1.54) is 62.5 Å². The Morgan fingerprint density at radius 2 is 1.45 bits per heavy atom. The minimum atomic E-state index is -3.96. The van der Waals surface area contributed by atoms with E-state index < -0.39 is 21.7 Å². The van der Waals surface area contributed by atoms with Crippen LogP contribution in [-0.4, -0.2) is 27.3 Å². The number of benzene rings is 3. The molecule has 0 aliphatic heterocycles. The van der Waals surface area contributed by atoms with Crippen molar-refractivity contribution < 1.29 is 22.4 Å². The highest BCUT2D eigenvalue weighted by Crippen LogP contribution is 2.23. The maximum Gasteiger partial charge on any atom is 0.264 e. The molecule has 0 heterocycles. The van der Waals surface area contributed by atoms with Crippen molar-refractivity contribution in [2.45, 2.75) is 11.8 Å². The molecule has 0 saturated carbocycles. The normalized spacial score (nSPS) is 10.9. The Kier molecular flexibility index (Phi) is 6.36. The summed E-state index contributed by atoms with van der Waals surface area (Å²) < 4.78 is 40.0. The average molecular weight is 441 g/mol. The van der Waals surface area contributed by atoms with Gasteiger partial charge in [-0.05, 0) is 66.7 Å². The summed E-state index contributed by atoms with van der Waals surface area (Å²) in [5.74, 6) is -1.17. The number of nitrogens with zero attached hydrogens (tertiary/aromatic N) is 1. The van der Waals surface area contributed by atoms with Crippen molar-refractivity contribution in [3.8, 4) is 0 Å². The fourth-order valence-electron chi connectivity index (χ4n) is 2.79. The van der Waals surface area contributed by atoms with Crippen molar-refractivity contribution in [1.29, 1.82) is 0 Å². The van der Waals surface area contributed by atoms with Crippen LogP contribution in [0.4, 0.5) is 21.5 Å². The van der Waals surface area contributed by atoms with Gasteiger partial charge in [-0.3, -0.25) is 13.9 Å². The Labute approximate surface area is 179 Å². The van der Waals surface area contributed by atoms with Crippen LogP contribution in [0, 0.1) is 5.82 Å². The van der Waals surface area contributed by atoms with Crippen molar-refractivity contribution in [3.05, 3.63) is 84.2 Å². The molecule has 3 aromatic rings. The lowest BCUT2D eigenvalue weighted by Crippen LogP contribution is -2.26. The van der Waals surface area contributed by atoms with Gasteiger partial charge in [-0.2, -0.15) is 0 Å². The Balaban J connectivity index is 1.79. The maximum atomic E-state index is 13.1. The fourth-order valence-corrected chi connectivity index (χ4v) is 4.03. The van der Waals surface area contributed by atoms with Gasteiger partial charge < -0.3 is 10.6 Å². The number of nitrogens with one attached hydrogen (secondary N) is 2. The number of sulfonamides is 1. The second-order valence-corrected chi connectivity index (χ2v) is 8.66. The summed E-state index contributed by atoms with van der Waals surface area (Å²) in [5.41, 5.74) is 1.51. The van der Waals surface area contributed by atoms with Gasteiger partial charge in [0, 0.05) is 30.9 Å². The molecular formula is C22H20FN3O4S. The first-order valence-corrected chi connectivity index (χ1v) is 10.6. The quantitative estimate of drug-likeness (QED) is 0.607. The van der Waals surface area contributed by atoms with E-state index >= 15 is 0 Å². The van der Waals surface area contributed by atoms with Gasteiger partial charge in [0.1, 0.15) is 5.82 Å². The van der Waals surface area contributed by atoms with Gasteiger partial charge in [0.15, 0.2) is 0 Å². The molecule has 0 radical (unpaired) electrons. The van der Waals surface area contributed by atoms with Crippen LogP contribution >= 0.6 is 0 Å². The molecule has 2 amide bonds. The molecule has 0 aliphatic rings. The van der Waals surface area contributed by atoms with E-state index in [1.807, 2.05) is 0 Å². The summed E-state index contributed by atoms with van der Waals surface area (Å²) in [6.45, 7) is 1.39. The molecule has 0 spiro atoms. The lowest BCUT2D eigenvalue weighted by atomic mass is 10.2. The smallest absolute Gasteiger partial charge is 0.264 e. The van der Waals surface area contributed by atoms with Crippen LogP contribution in [0.2, 0.25) is 0 Å². The van der Waals surface area contributed by atoms with Gasteiger partial charge >= 0.3 is 0 Å². The van der Waals surface area contributed by atoms with E-state index in [0.717, 1.165) is 4.31 Å². The molecule has 0 aliphatic carbocycles.